The first-order chi connectivity index (χ1) is 8.70. The van der Waals surface area contributed by atoms with Gasteiger partial charge < -0.3 is 5.11 Å². The van der Waals surface area contributed by atoms with Gasteiger partial charge in [0.2, 0.25) is 0 Å². The molecule has 4 heteroatoms. The average molecular weight is 258 g/mol. The van der Waals surface area contributed by atoms with Gasteiger partial charge in [-0.1, -0.05) is 23.8 Å². The summed E-state index contributed by atoms with van der Waals surface area (Å²) in [5.41, 5.74) is 5.64. The highest BCUT2D eigenvalue weighted by Gasteiger charge is 2.12. The molecule has 0 spiro atoms. The average Bonchev–Trinajstić information content (AvgIpc) is 2.90. The highest BCUT2D eigenvalue weighted by atomic mass is 32.1. The van der Waals surface area contributed by atoms with E-state index in [-0.39, 0.29) is 6.61 Å². The number of hydrogen-bond donors (Lipinski definition) is 1. The van der Waals surface area contributed by atoms with Crippen molar-refractivity contribution in [3.05, 3.63) is 46.6 Å². The first-order valence-corrected chi connectivity index (χ1v) is 6.71. The third-order valence-corrected chi connectivity index (χ3v) is 3.98. The topological polar surface area (TPSA) is 37.5 Å². The molecule has 0 unspecified atom stereocenters. The zero-order valence-corrected chi connectivity index (χ0v) is 11.2. The van der Waals surface area contributed by atoms with Crippen LogP contribution in [0.25, 0.3) is 16.2 Å². The molecule has 0 amide bonds. The van der Waals surface area contributed by atoms with Crippen LogP contribution < -0.4 is 0 Å². The van der Waals surface area contributed by atoms with Crippen LogP contribution in [0.4, 0.5) is 0 Å². The fourth-order valence-electron chi connectivity index (χ4n) is 2.27. The monoisotopic (exact) mass is 258 g/mol. The SMILES string of the molecule is Cc1ccc(-c2csc3ncc(CO)n23)c(C)c1. The van der Waals surface area contributed by atoms with E-state index in [2.05, 4.69) is 42.4 Å². The van der Waals surface area contributed by atoms with Crippen LogP contribution in [0.3, 0.4) is 0 Å². The van der Waals surface area contributed by atoms with Gasteiger partial charge in [-0.2, -0.15) is 0 Å². The van der Waals surface area contributed by atoms with Crippen molar-refractivity contribution >= 4 is 16.3 Å². The van der Waals surface area contributed by atoms with Crippen molar-refractivity contribution in [3.8, 4) is 11.3 Å². The molecule has 3 rings (SSSR count). The van der Waals surface area contributed by atoms with Crippen LogP contribution in [0.1, 0.15) is 16.8 Å². The van der Waals surface area contributed by atoms with E-state index in [0.29, 0.717) is 0 Å². The minimum Gasteiger partial charge on any atom is -0.390 e. The summed E-state index contributed by atoms with van der Waals surface area (Å²) in [5.74, 6) is 0. The summed E-state index contributed by atoms with van der Waals surface area (Å²) in [5, 5.41) is 11.5. The lowest BCUT2D eigenvalue weighted by Gasteiger charge is -2.07. The Labute approximate surface area is 109 Å². The van der Waals surface area contributed by atoms with Crippen molar-refractivity contribution < 1.29 is 5.11 Å². The molecule has 0 aliphatic carbocycles. The third-order valence-electron chi connectivity index (χ3n) is 3.14. The van der Waals surface area contributed by atoms with Crippen molar-refractivity contribution in [1.82, 2.24) is 9.38 Å². The molecule has 3 nitrogen and oxygen atoms in total. The number of thiazole rings is 1. The van der Waals surface area contributed by atoms with Crippen LogP contribution in [-0.4, -0.2) is 14.5 Å². The lowest BCUT2D eigenvalue weighted by Crippen LogP contribution is -1.94. The highest BCUT2D eigenvalue weighted by molar-refractivity contribution is 7.15. The lowest BCUT2D eigenvalue weighted by atomic mass is 10.0. The van der Waals surface area contributed by atoms with E-state index in [9.17, 15) is 5.11 Å². The molecule has 0 bridgehead atoms. The van der Waals surface area contributed by atoms with Gasteiger partial charge in [0.25, 0.3) is 0 Å². The van der Waals surface area contributed by atoms with Gasteiger partial charge in [-0.05, 0) is 19.4 Å². The van der Waals surface area contributed by atoms with Crippen LogP contribution in [0.2, 0.25) is 0 Å². The van der Waals surface area contributed by atoms with Gasteiger partial charge >= 0.3 is 0 Å². The smallest absolute Gasteiger partial charge is 0.194 e. The Kier molecular flexibility index (Phi) is 2.69. The summed E-state index contributed by atoms with van der Waals surface area (Å²) >= 11 is 1.60. The van der Waals surface area contributed by atoms with E-state index >= 15 is 0 Å². The number of aromatic nitrogens is 2. The van der Waals surface area contributed by atoms with Crippen molar-refractivity contribution in [2.75, 3.05) is 0 Å². The molecule has 1 aromatic carbocycles. The van der Waals surface area contributed by atoms with E-state index in [4.69, 9.17) is 0 Å². The summed E-state index contributed by atoms with van der Waals surface area (Å²) in [4.78, 5) is 5.23. The maximum Gasteiger partial charge on any atom is 0.194 e. The first kappa shape index (κ1) is 11.4. The molecule has 92 valence electrons. The van der Waals surface area contributed by atoms with Gasteiger partial charge in [-0.3, -0.25) is 4.40 Å². The Hall–Kier alpha value is -1.65. The number of aliphatic hydroxyl groups is 1. The van der Waals surface area contributed by atoms with Crippen LogP contribution in [0, 0.1) is 13.8 Å². The van der Waals surface area contributed by atoms with E-state index < -0.39 is 0 Å². The molecule has 3 aromatic rings. The zero-order chi connectivity index (χ0) is 12.7. The van der Waals surface area contributed by atoms with Crippen LogP contribution in [0.15, 0.2) is 29.8 Å². The van der Waals surface area contributed by atoms with Gasteiger partial charge in [-0.15, -0.1) is 11.3 Å². The predicted octanol–water partition coefficient (Wildman–Crippen LogP) is 3.17. The van der Waals surface area contributed by atoms with Crippen molar-refractivity contribution in [1.29, 1.82) is 0 Å². The minimum atomic E-state index is 0.00973. The van der Waals surface area contributed by atoms with Crippen molar-refractivity contribution in [3.63, 3.8) is 0 Å². The number of imidazole rings is 1. The van der Waals surface area contributed by atoms with Gasteiger partial charge in [0.15, 0.2) is 4.96 Å². The Morgan fingerprint density at radius 2 is 2.17 bits per heavy atom. The Morgan fingerprint density at radius 3 is 2.89 bits per heavy atom. The summed E-state index contributed by atoms with van der Waals surface area (Å²) in [6, 6.07) is 6.42. The Bertz CT molecular complexity index is 712. The molecule has 2 heterocycles. The maximum atomic E-state index is 9.37. The summed E-state index contributed by atoms with van der Waals surface area (Å²) in [7, 11) is 0. The van der Waals surface area contributed by atoms with E-state index in [1.165, 1.54) is 16.7 Å². The molecule has 2 aromatic heterocycles. The minimum absolute atomic E-state index is 0.00973. The van der Waals surface area contributed by atoms with Gasteiger partial charge in [-0.25, -0.2) is 4.98 Å². The van der Waals surface area contributed by atoms with E-state index in [1.54, 1.807) is 17.5 Å². The van der Waals surface area contributed by atoms with E-state index in [0.717, 1.165) is 16.3 Å². The predicted molar refractivity (Wildman–Crippen MR) is 73.9 cm³/mol. The molecule has 0 saturated carbocycles. The molecule has 0 saturated heterocycles. The van der Waals surface area contributed by atoms with Crippen molar-refractivity contribution in [2.45, 2.75) is 20.5 Å². The second-order valence-corrected chi connectivity index (χ2v) is 5.30. The summed E-state index contributed by atoms with van der Waals surface area (Å²) in [6.07, 6.45) is 1.73. The second-order valence-electron chi connectivity index (χ2n) is 4.46. The fourth-order valence-corrected chi connectivity index (χ4v) is 3.15. The highest BCUT2D eigenvalue weighted by Crippen LogP contribution is 2.30. The number of benzene rings is 1. The number of nitrogens with zero attached hydrogens (tertiary/aromatic N) is 2. The zero-order valence-electron chi connectivity index (χ0n) is 10.3. The Balaban J connectivity index is 2.27. The molecule has 1 N–H and O–H groups in total. The molecular weight excluding hydrogens is 244 g/mol. The molecule has 0 atom stereocenters. The lowest BCUT2D eigenvalue weighted by molar-refractivity contribution is 0.276. The van der Waals surface area contributed by atoms with Gasteiger partial charge in [0, 0.05) is 10.9 Å². The number of aliphatic hydroxyl groups excluding tert-OH is 1. The number of hydrogen-bond acceptors (Lipinski definition) is 3. The molecule has 0 aliphatic rings. The largest absolute Gasteiger partial charge is 0.390 e. The second kappa shape index (κ2) is 4.23. The quantitative estimate of drug-likeness (QED) is 0.766. The fraction of sp³-hybridized carbons (Fsp3) is 0.214. The van der Waals surface area contributed by atoms with Gasteiger partial charge in [0.05, 0.1) is 24.2 Å². The molecule has 0 radical (unpaired) electrons. The summed E-state index contributed by atoms with van der Waals surface area (Å²) < 4.78 is 2.03. The standard InChI is InChI=1S/C14H14N2OS/c1-9-3-4-12(10(2)5-9)13-8-18-14-15-6-11(7-17)16(13)14/h3-6,8,17H,7H2,1-2H3. The number of fused-ring (bicyclic) bond motifs is 1. The van der Waals surface area contributed by atoms with Crippen LogP contribution in [-0.2, 0) is 6.61 Å². The maximum absolute atomic E-state index is 9.37. The van der Waals surface area contributed by atoms with Crippen LogP contribution in [0.5, 0.6) is 0 Å². The van der Waals surface area contributed by atoms with E-state index in [1.807, 2.05) is 4.40 Å². The van der Waals surface area contributed by atoms with Crippen molar-refractivity contribution in [2.24, 2.45) is 0 Å². The molecular formula is C14H14N2OS. The van der Waals surface area contributed by atoms with Crippen LogP contribution >= 0.6 is 11.3 Å². The normalized spacial score (nSPS) is 11.3. The first-order valence-electron chi connectivity index (χ1n) is 5.83. The number of rotatable bonds is 2. The summed E-state index contributed by atoms with van der Waals surface area (Å²) in [6.45, 7) is 4.22. The van der Waals surface area contributed by atoms with Gasteiger partial charge in [0.1, 0.15) is 0 Å². The third kappa shape index (κ3) is 1.65. The molecule has 0 aliphatic heterocycles. The number of aryl methyl sites for hydroxylation is 2. The molecule has 18 heavy (non-hydrogen) atoms. The molecule has 0 fully saturated rings. The Morgan fingerprint density at radius 1 is 1.33 bits per heavy atom.